The number of hydrogen-bond donors (Lipinski definition) is 1. The predicted molar refractivity (Wildman–Crippen MR) is 77.8 cm³/mol. The van der Waals surface area contributed by atoms with Crippen molar-refractivity contribution in [3.05, 3.63) is 35.6 Å². The van der Waals surface area contributed by atoms with E-state index in [0.717, 1.165) is 18.7 Å². The largest absolute Gasteiger partial charge is 0.348 e. The number of likely N-dealkylation sites (tertiary alicyclic amines) is 1. The first-order valence-electron chi connectivity index (χ1n) is 7.32. The molecule has 1 saturated heterocycles. The number of benzene rings is 1. The number of piperidine rings is 1. The molecule has 0 spiro atoms. The van der Waals surface area contributed by atoms with Crippen molar-refractivity contribution in [2.24, 2.45) is 5.92 Å². The van der Waals surface area contributed by atoms with Gasteiger partial charge >= 0.3 is 0 Å². The van der Waals surface area contributed by atoms with E-state index in [1.807, 2.05) is 6.92 Å². The molecule has 0 bridgehead atoms. The van der Waals surface area contributed by atoms with Gasteiger partial charge < -0.3 is 5.32 Å². The fourth-order valence-electron chi connectivity index (χ4n) is 2.76. The van der Waals surface area contributed by atoms with E-state index >= 15 is 0 Å². The van der Waals surface area contributed by atoms with Gasteiger partial charge in [-0.15, -0.1) is 0 Å². The van der Waals surface area contributed by atoms with Gasteiger partial charge in [0.05, 0.1) is 12.6 Å². The van der Waals surface area contributed by atoms with Gasteiger partial charge in [0.1, 0.15) is 5.82 Å². The van der Waals surface area contributed by atoms with E-state index in [2.05, 4.69) is 17.1 Å². The van der Waals surface area contributed by atoms with Crippen molar-refractivity contribution in [2.45, 2.75) is 32.7 Å². The van der Waals surface area contributed by atoms with Gasteiger partial charge in [-0.1, -0.05) is 19.1 Å². The molecule has 1 amide bonds. The SMILES string of the molecule is CC1CCCN(CC(=O)NC(C)c2ccc(F)cc2)C1. The molecule has 1 heterocycles. The van der Waals surface area contributed by atoms with Gasteiger partial charge in [-0.25, -0.2) is 4.39 Å². The maximum absolute atomic E-state index is 12.9. The molecule has 20 heavy (non-hydrogen) atoms. The van der Waals surface area contributed by atoms with Gasteiger partial charge in [0.25, 0.3) is 0 Å². The van der Waals surface area contributed by atoms with Crippen molar-refractivity contribution >= 4 is 5.91 Å². The Morgan fingerprint density at radius 2 is 2.15 bits per heavy atom. The molecular weight excluding hydrogens is 255 g/mol. The fourth-order valence-corrected chi connectivity index (χ4v) is 2.76. The Balaban J connectivity index is 1.83. The van der Waals surface area contributed by atoms with E-state index in [0.29, 0.717) is 12.5 Å². The molecule has 1 aliphatic rings. The van der Waals surface area contributed by atoms with Crippen molar-refractivity contribution < 1.29 is 9.18 Å². The molecule has 0 aromatic heterocycles. The van der Waals surface area contributed by atoms with Crippen molar-refractivity contribution in [2.75, 3.05) is 19.6 Å². The summed E-state index contributed by atoms with van der Waals surface area (Å²) in [5, 5.41) is 2.97. The number of carbonyl (C=O) groups is 1. The summed E-state index contributed by atoms with van der Waals surface area (Å²) in [6.07, 6.45) is 2.42. The third kappa shape index (κ3) is 4.30. The zero-order valence-corrected chi connectivity index (χ0v) is 12.2. The molecule has 2 rings (SSSR count). The van der Waals surface area contributed by atoms with Crippen LogP contribution in [0.3, 0.4) is 0 Å². The molecular formula is C16H23FN2O. The Morgan fingerprint density at radius 3 is 2.80 bits per heavy atom. The summed E-state index contributed by atoms with van der Waals surface area (Å²) in [4.78, 5) is 14.3. The third-order valence-corrected chi connectivity index (χ3v) is 3.86. The number of nitrogens with zero attached hydrogens (tertiary/aromatic N) is 1. The second kappa shape index (κ2) is 6.84. The van der Waals surface area contributed by atoms with Crippen LogP contribution in [-0.4, -0.2) is 30.4 Å². The van der Waals surface area contributed by atoms with Crippen LogP contribution >= 0.6 is 0 Å². The second-order valence-electron chi connectivity index (χ2n) is 5.82. The highest BCUT2D eigenvalue weighted by Gasteiger charge is 2.19. The van der Waals surface area contributed by atoms with Crippen molar-refractivity contribution in [1.82, 2.24) is 10.2 Å². The number of nitrogens with one attached hydrogen (secondary N) is 1. The number of halogens is 1. The lowest BCUT2D eigenvalue weighted by Crippen LogP contribution is -2.42. The monoisotopic (exact) mass is 278 g/mol. The first kappa shape index (κ1) is 15.0. The van der Waals surface area contributed by atoms with Crippen molar-refractivity contribution in [3.63, 3.8) is 0 Å². The summed E-state index contributed by atoms with van der Waals surface area (Å²) in [6, 6.07) is 6.17. The van der Waals surface area contributed by atoms with Crippen LogP contribution in [0.2, 0.25) is 0 Å². The van der Waals surface area contributed by atoms with Crippen LogP contribution < -0.4 is 5.32 Å². The van der Waals surface area contributed by atoms with Gasteiger partial charge in [0, 0.05) is 6.54 Å². The molecule has 110 valence electrons. The highest BCUT2D eigenvalue weighted by molar-refractivity contribution is 5.78. The smallest absolute Gasteiger partial charge is 0.234 e. The van der Waals surface area contributed by atoms with Crippen LogP contribution in [0.25, 0.3) is 0 Å². The van der Waals surface area contributed by atoms with Gasteiger partial charge in [0.15, 0.2) is 0 Å². The Kier molecular flexibility index (Phi) is 5.12. The number of amides is 1. The number of hydrogen-bond acceptors (Lipinski definition) is 2. The first-order chi connectivity index (χ1) is 9.54. The summed E-state index contributed by atoms with van der Waals surface area (Å²) in [5.74, 6) is 0.455. The average Bonchev–Trinajstić information content (AvgIpc) is 2.39. The van der Waals surface area contributed by atoms with Gasteiger partial charge in [-0.05, 0) is 49.9 Å². The number of rotatable bonds is 4. The topological polar surface area (TPSA) is 32.3 Å². The maximum atomic E-state index is 12.9. The highest BCUT2D eigenvalue weighted by atomic mass is 19.1. The lowest BCUT2D eigenvalue weighted by molar-refractivity contribution is -0.123. The molecule has 1 aromatic carbocycles. The minimum Gasteiger partial charge on any atom is -0.348 e. The standard InChI is InChI=1S/C16H23FN2O/c1-12-4-3-9-19(10-12)11-16(20)18-13(2)14-5-7-15(17)8-6-14/h5-8,12-13H,3-4,9-11H2,1-2H3,(H,18,20). The zero-order chi connectivity index (χ0) is 14.5. The molecule has 2 unspecified atom stereocenters. The molecule has 0 saturated carbocycles. The Morgan fingerprint density at radius 1 is 1.45 bits per heavy atom. The third-order valence-electron chi connectivity index (χ3n) is 3.86. The summed E-state index contributed by atoms with van der Waals surface area (Å²) < 4.78 is 12.9. The zero-order valence-electron chi connectivity index (χ0n) is 12.2. The van der Waals surface area contributed by atoms with Crippen LogP contribution in [0.1, 0.15) is 38.3 Å². The minimum absolute atomic E-state index is 0.0379. The summed E-state index contributed by atoms with van der Waals surface area (Å²) in [6.45, 7) is 6.60. The molecule has 3 nitrogen and oxygen atoms in total. The molecule has 4 heteroatoms. The van der Waals surface area contributed by atoms with Crippen LogP contribution in [0.5, 0.6) is 0 Å². The van der Waals surface area contributed by atoms with Gasteiger partial charge in [-0.2, -0.15) is 0 Å². The quantitative estimate of drug-likeness (QED) is 0.918. The van der Waals surface area contributed by atoms with Crippen molar-refractivity contribution in [1.29, 1.82) is 0 Å². The van der Waals surface area contributed by atoms with Crippen LogP contribution in [0.15, 0.2) is 24.3 Å². The molecule has 0 radical (unpaired) electrons. The lowest BCUT2D eigenvalue weighted by atomic mass is 10.0. The summed E-state index contributed by atoms with van der Waals surface area (Å²) in [7, 11) is 0. The lowest BCUT2D eigenvalue weighted by Gasteiger charge is -2.30. The van der Waals surface area contributed by atoms with Gasteiger partial charge in [-0.3, -0.25) is 9.69 Å². The average molecular weight is 278 g/mol. The Labute approximate surface area is 120 Å². The summed E-state index contributed by atoms with van der Waals surface area (Å²) in [5.41, 5.74) is 0.923. The van der Waals surface area contributed by atoms with Crippen LogP contribution in [-0.2, 0) is 4.79 Å². The van der Waals surface area contributed by atoms with E-state index in [4.69, 9.17) is 0 Å². The van der Waals surface area contributed by atoms with E-state index in [1.165, 1.54) is 25.0 Å². The molecule has 2 atom stereocenters. The Hall–Kier alpha value is -1.42. The van der Waals surface area contributed by atoms with Crippen LogP contribution in [0.4, 0.5) is 4.39 Å². The molecule has 1 aliphatic heterocycles. The second-order valence-corrected chi connectivity index (χ2v) is 5.82. The maximum Gasteiger partial charge on any atom is 0.234 e. The summed E-state index contributed by atoms with van der Waals surface area (Å²) >= 11 is 0. The molecule has 1 N–H and O–H groups in total. The predicted octanol–water partition coefficient (Wildman–Crippen LogP) is 2.73. The Bertz CT molecular complexity index is 446. The van der Waals surface area contributed by atoms with E-state index in [1.54, 1.807) is 12.1 Å². The highest BCUT2D eigenvalue weighted by Crippen LogP contribution is 2.16. The molecule has 0 aliphatic carbocycles. The van der Waals surface area contributed by atoms with Crippen molar-refractivity contribution in [3.8, 4) is 0 Å². The number of carbonyl (C=O) groups excluding carboxylic acids is 1. The first-order valence-corrected chi connectivity index (χ1v) is 7.32. The van der Waals surface area contributed by atoms with E-state index < -0.39 is 0 Å². The van der Waals surface area contributed by atoms with Gasteiger partial charge in [0.2, 0.25) is 5.91 Å². The normalized spacial score (nSPS) is 21.4. The molecule has 1 fully saturated rings. The van der Waals surface area contributed by atoms with E-state index in [-0.39, 0.29) is 17.8 Å². The van der Waals surface area contributed by atoms with Crippen LogP contribution in [0, 0.1) is 11.7 Å². The fraction of sp³-hybridized carbons (Fsp3) is 0.562. The molecule has 1 aromatic rings. The minimum atomic E-state index is -0.255. The van der Waals surface area contributed by atoms with E-state index in [9.17, 15) is 9.18 Å².